The number of esters is 1. The van der Waals surface area contributed by atoms with Gasteiger partial charge in [0, 0.05) is 12.8 Å². The molecule has 0 saturated carbocycles. The van der Waals surface area contributed by atoms with E-state index in [9.17, 15) is 19.8 Å². The van der Waals surface area contributed by atoms with Crippen LogP contribution in [0.15, 0.2) is 12.2 Å². The Morgan fingerprint density at radius 3 is 0.819 bits per heavy atom. The number of amides is 1. The molecular weight excluding hydrogens is 1020 g/mol. The quantitative estimate of drug-likeness (QED) is 0.0320. The van der Waals surface area contributed by atoms with Crippen LogP contribution in [0.2, 0.25) is 0 Å². The first-order chi connectivity index (χ1) is 41.0. The Morgan fingerprint density at radius 1 is 0.325 bits per heavy atom. The molecule has 2 atom stereocenters. The molecule has 3 N–H and O–H groups in total. The van der Waals surface area contributed by atoms with Gasteiger partial charge in [-0.2, -0.15) is 0 Å². The Hall–Kier alpha value is -1.40. The fraction of sp³-hybridized carbons (Fsp3) is 0.948. The molecule has 0 heterocycles. The van der Waals surface area contributed by atoms with Gasteiger partial charge in [0.1, 0.15) is 0 Å². The summed E-state index contributed by atoms with van der Waals surface area (Å²) in [6.45, 7) is 4.96. The second-order valence-electron chi connectivity index (χ2n) is 26.7. The van der Waals surface area contributed by atoms with E-state index < -0.39 is 12.1 Å². The van der Waals surface area contributed by atoms with Crippen LogP contribution in [0, 0.1) is 0 Å². The largest absolute Gasteiger partial charge is 0.466 e. The van der Waals surface area contributed by atoms with Gasteiger partial charge in [-0.15, -0.1) is 0 Å². The average molecular weight is 1170 g/mol. The molecule has 494 valence electrons. The molecule has 0 aliphatic carbocycles. The van der Waals surface area contributed by atoms with E-state index in [2.05, 4.69) is 19.2 Å². The van der Waals surface area contributed by atoms with Gasteiger partial charge in [-0.05, 0) is 32.1 Å². The third-order valence-electron chi connectivity index (χ3n) is 18.3. The van der Waals surface area contributed by atoms with Crippen molar-refractivity contribution in [1.82, 2.24) is 5.32 Å². The molecule has 6 heteroatoms. The number of rotatable bonds is 73. The molecule has 0 aromatic carbocycles. The van der Waals surface area contributed by atoms with Gasteiger partial charge in [-0.3, -0.25) is 9.59 Å². The summed E-state index contributed by atoms with van der Waals surface area (Å²) in [6.07, 6.45) is 91.9. The Bertz CT molecular complexity index is 1260. The molecule has 0 fully saturated rings. The summed E-state index contributed by atoms with van der Waals surface area (Å²) in [5.41, 5.74) is 0. The average Bonchev–Trinajstić information content (AvgIpc) is 3.49. The topological polar surface area (TPSA) is 95.9 Å². The minimum Gasteiger partial charge on any atom is -0.466 e. The number of allylic oxidation sites excluding steroid dienone is 1. The highest BCUT2D eigenvalue weighted by Crippen LogP contribution is 2.20. The lowest BCUT2D eigenvalue weighted by Crippen LogP contribution is -2.45. The highest BCUT2D eigenvalue weighted by atomic mass is 16.5. The molecule has 0 rings (SSSR count). The van der Waals surface area contributed by atoms with E-state index in [0.29, 0.717) is 19.4 Å². The standard InChI is InChI=1S/C77H151NO5/c1-3-5-7-9-11-13-15-17-18-19-39-42-46-49-53-57-61-65-69-75(80)74(73-79)78-76(81)70-66-62-58-54-50-47-43-40-37-35-33-31-29-27-25-23-21-20-22-24-26-28-30-32-34-36-38-41-44-48-52-56-60-64-68-72-83-77(82)71-67-63-59-55-51-45-16-14-12-10-8-6-4-2/h65,69,74-75,79-80H,3-64,66-68,70-73H2,1-2H3,(H,78,81)/b69-65+. The number of ether oxygens (including phenoxy) is 1. The van der Waals surface area contributed by atoms with E-state index in [1.54, 1.807) is 6.08 Å². The third kappa shape index (κ3) is 69.6. The predicted molar refractivity (Wildman–Crippen MR) is 366 cm³/mol. The van der Waals surface area contributed by atoms with E-state index in [4.69, 9.17) is 4.74 Å². The van der Waals surface area contributed by atoms with Crippen LogP contribution in [0.5, 0.6) is 0 Å². The lowest BCUT2D eigenvalue weighted by atomic mass is 10.0. The predicted octanol–water partition coefficient (Wildman–Crippen LogP) is 25.1. The summed E-state index contributed by atoms with van der Waals surface area (Å²) in [4.78, 5) is 24.6. The number of carbonyl (C=O) groups excluding carboxylic acids is 2. The van der Waals surface area contributed by atoms with E-state index >= 15 is 0 Å². The number of hydrogen-bond donors (Lipinski definition) is 3. The maximum absolute atomic E-state index is 12.5. The summed E-state index contributed by atoms with van der Waals surface area (Å²) >= 11 is 0. The van der Waals surface area contributed by atoms with E-state index in [0.717, 1.165) is 38.5 Å². The molecule has 0 radical (unpaired) electrons. The van der Waals surface area contributed by atoms with Crippen LogP contribution in [-0.2, 0) is 14.3 Å². The minimum atomic E-state index is -0.840. The van der Waals surface area contributed by atoms with E-state index in [1.807, 2.05) is 6.08 Å². The summed E-state index contributed by atoms with van der Waals surface area (Å²) in [5.74, 6) is -0.0334. The molecule has 1 amide bonds. The third-order valence-corrected chi connectivity index (χ3v) is 18.3. The van der Waals surface area contributed by atoms with Gasteiger partial charge < -0.3 is 20.3 Å². The van der Waals surface area contributed by atoms with Crippen molar-refractivity contribution in [2.24, 2.45) is 0 Å². The van der Waals surface area contributed by atoms with Crippen LogP contribution in [-0.4, -0.2) is 47.4 Å². The van der Waals surface area contributed by atoms with Crippen LogP contribution >= 0.6 is 0 Å². The molecule has 0 aromatic rings. The molecule has 0 bridgehead atoms. The Morgan fingerprint density at radius 2 is 0.554 bits per heavy atom. The lowest BCUT2D eigenvalue weighted by molar-refractivity contribution is -0.143. The van der Waals surface area contributed by atoms with Crippen LogP contribution in [0.4, 0.5) is 0 Å². The molecule has 0 aliphatic rings. The van der Waals surface area contributed by atoms with Gasteiger partial charge in [-0.1, -0.05) is 411 Å². The van der Waals surface area contributed by atoms with Crippen molar-refractivity contribution in [2.75, 3.05) is 13.2 Å². The number of carbonyl (C=O) groups is 2. The van der Waals surface area contributed by atoms with Gasteiger partial charge in [-0.25, -0.2) is 0 Å². The fourth-order valence-electron chi connectivity index (χ4n) is 12.5. The molecule has 0 saturated heterocycles. The normalized spacial score (nSPS) is 12.5. The summed E-state index contributed by atoms with van der Waals surface area (Å²) in [5, 5.41) is 23.2. The molecule has 83 heavy (non-hydrogen) atoms. The second-order valence-corrected chi connectivity index (χ2v) is 26.7. The summed E-state index contributed by atoms with van der Waals surface area (Å²) in [6, 6.07) is -0.623. The van der Waals surface area contributed by atoms with Gasteiger partial charge in [0.25, 0.3) is 0 Å². The SMILES string of the molecule is CCCCCCCCCCCCCCCCCC/C=C/C(O)C(CO)NC(=O)CCCCCCCCCCCCCCCCCCCCCCCCCCCCCCCCCCCCCOC(=O)CCCCCCCCCCCCCCC. The van der Waals surface area contributed by atoms with Gasteiger partial charge in [0.15, 0.2) is 0 Å². The Labute approximate surface area is 520 Å². The molecule has 6 nitrogen and oxygen atoms in total. The maximum atomic E-state index is 12.5. The number of unbranched alkanes of at least 4 members (excludes halogenated alkanes) is 62. The van der Waals surface area contributed by atoms with Crippen molar-refractivity contribution in [3.63, 3.8) is 0 Å². The van der Waals surface area contributed by atoms with Gasteiger partial charge >= 0.3 is 5.97 Å². The molecule has 2 unspecified atom stereocenters. The van der Waals surface area contributed by atoms with Crippen LogP contribution < -0.4 is 5.32 Å². The maximum Gasteiger partial charge on any atom is 0.305 e. The van der Waals surface area contributed by atoms with Crippen molar-refractivity contribution in [2.45, 2.75) is 456 Å². The second kappa shape index (κ2) is 73.1. The van der Waals surface area contributed by atoms with Crippen molar-refractivity contribution >= 4 is 11.9 Å². The Balaban J connectivity index is 3.32. The van der Waals surface area contributed by atoms with Crippen LogP contribution in [0.3, 0.4) is 0 Å². The van der Waals surface area contributed by atoms with E-state index in [-0.39, 0.29) is 18.5 Å². The summed E-state index contributed by atoms with van der Waals surface area (Å²) in [7, 11) is 0. The van der Waals surface area contributed by atoms with E-state index in [1.165, 1.54) is 379 Å². The highest BCUT2D eigenvalue weighted by molar-refractivity contribution is 5.76. The van der Waals surface area contributed by atoms with Crippen molar-refractivity contribution in [1.29, 1.82) is 0 Å². The minimum absolute atomic E-state index is 0.0249. The first-order valence-electron chi connectivity index (χ1n) is 38.5. The first-order valence-corrected chi connectivity index (χ1v) is 38.5. The Kier molecular flexibility index (Phi) is 71.8. The van der Waals surface area contributed by atoms with Crippen LogP contribution in [0.1, 0.15) is 444 Å². The number of nitrogens with one attached hydrogen (secondary N) is 1. The molecule has 0 aromatic heterocycles. The monoisotopic (exact) mass is 1170 g/mol. The smallest absolute Gasteiger partial charge is 0.305 e. The zero-order valence-electron chi connectivity index (χ0n) is 56.7. The number of aliphatic hydroxyl groups excluding tert-OH is 2. The highest BCUT2D eigenvalue weighted by Gasteiger charge is 2.18. The molecule has 0 spiro atoms. The lowest BCUT2D eigenvalue weighted by Gasteiger charge is -2.20. The van der Waals surface area contributed by atoms with Gasteiger partial charge in [0.05, 0.1) is 25.4 Å². The van der Waals surface area contributed by atoms with Crippen molar-refractivity contribution in [3.05, 3.63) is 12.2 Å². The molecule has 0 aliphatic heterocycles. The summed E-state index contributed by atoms with van der Waals surface area (Å²) < 4.78 is 5.50. The van der Waals surface area contributed by atoms with Gasteiger partial charge in [0.2, 0.25) is 5.91 Å². The number of hydrogen-bond acceptors (Lipinski definition) is 5. The van der Waals surface area contributed by atoms with Crippen molar-refractivity contribution < 1.29 is 24.5 Å². The first kappa shape index (κ1) is 81.6. The zero-order chi connectivity index (χ0) is 59.9. The van der Waals surface area contributed by atoms with Crippen molar-refractivity contribution in [3.8, 4) is 0 Å². The number of aliphatic hydroxyl groups is 2. The zero-order valence-corrected chi connectivity index (χ0v) is 56.7. The van der Waals surface area contributed by atoms with Crippen LogP contribution in [0.25, 0.3) is 0 Å². The molecular formula is C77H151NO5. The fourth-order valence-corrected chi connectivity index (χ4v) is 12.5.